The summed E-state index contributed by atoms with van der Waals surface area (Å²) in [5, 5.41) is 35.8. The summed E-state index contributed by atoms with van der Waals surface area (Å²) in [6.07, 6.45) is 12.0. The van der Waals surface area contributed by atoms with Crippen LogP contribution in [0.4, 0.5) is 0 Å². The first-order valence-electron chi connectivity index (χ1n) is 23.6. The molecular weight excluding hydrogens is 749 g/mol. The monoisotopic (exact) mass is 821 g/mol. The highest BCUT2D eigenvalue weighted by atomic mass is 16.6. The Labute approximate surface area is 359 Å². The predicted octanol–water partition coefficient (Wildman–Crippen LogP) is 8.56. The van der Waals surface area contributed by atoms with Gasteiger partial charge in [-0.25, -0.2) is 0 Å². The molecule has 1 unspecified atom stereocenters. The van der Waals surface area contributed by atoms with Crippen molar-refractivity contribution in [3.05, 3.63) is 69.6 Å². The Morgan fingerprint density at radius 1 is 0.983 bits per heavy atom. The number of rotatable bonds is 11. The molecule has 3 heterocycles. The number of ketones is 2. The van der Waals surface area contributed by atoms with Crippen LogP contribution in [0.3, 0.4) is 0 Å². The fourth-order valence-corrected chi connectivity index (χ4v) is 15.9. The van der Waals surface area contributed by atoms with Gasteiger partial charge in [-0.3, -0.25) is 14.6 Å². The molecule has 60 heavy (non-hydrogen) atoms. The second-order valence-corrected chi connectivity index (χ2v) is 22.4. The van der Waals surface area contributed by atoms with Gasteiger partial charge in [0, 0.05) is 67.5 Å². The molecule has 326 valence electrons. The van der Waals surface area contributed by atoms with Crippen molar-refractivity contribution >= 4 is 17.3 Å². The van der Waals surface area contributed by atoms with E-state index in [1.807, 2.05) is 20.0 Å². The Hall–Kier alpha value is -2.91. The second-order valence-electron chi connectivity index (χ2n) is 22.4. The largest absolute Gasteiger partial charge is 0.396 e. The summed E-state index contributed by atoms with van der Waals surface area (Å²) >= 11 is 0. The van der Waals surface area contributed by atoms with E-state index in [2.05, 4.69) is 77.6 Å². The molecule has 0 bridgehead atoms. The third-order valence-electron chi connectivity index (χ3n) is 18.7. The van der Waals surface area contributed by atoms with Crippen molar-refractivity contribution in [1.29, 1.82) is 0 Å². The molecule has 0 aromatic heterocycles. The normalized spacial score (nSPS) is 40.5. The van der Waals surface area contributed by atoms with E-state index in [-0.39, 0.29) is 64.6 Å². The van der Waals surface area contributed by atoms with Crippen molar-refractivity contribution in [1.82, 2.24) is 4.90 Å². The summed E-state index contributed by atoms with van der Waals surface area (Å²) in [7, 11) is 0. The SMILES string of the molecule is Cc1cc(C)cc(CC2=C(CCO)N(C[C@@H]3C4=C([C@H](C)C[C@@H](O)[C@@H]5OC5(C)C)C(=O)C[C@@]4(C)[C@@]4(C)CC[C@@H]5[C@](C)(CCC(=O)[C@@]5(C)C5CCCC5)[C@@H]4[C@@H]3O)C3C=CN=C23)c1. The van der Waals surface area contributed by atoms with Gasteiger partial charge in [-0.15, -0.1) is 0 Å². The van der Waals surface area contributed by atoms with Gasteiger partial charge in [0.25, 0.3) is 0 Å². The number of aliphatic hydroxyl groups is 3. The summed E-state index contributed by atoms with van der Waals surface area (Å²) in [6.45, 7) is 20.3. The fraction of sp³-hybridized carbons (Fsp3) is 0.712. The maximum atomic E-state index is 14.9. The van der Waals surface area contributed by atoms with Crippen molar-refractivity contribution in [3.63, 3.8) is 0 Å². The fourth-order valence-electron chi connectivity index (χ4n) is 15.9. The molecule has 9 rings (SSSR count). The average molecular weight is 821 g/mol. The Morgan fingerprint density at radius 2 is 1.67 bits per heavy atom. The number of epoxide rings is 1. The third kappa shape index (κ3) is 6.13. The molecule has 1 aromatic rings. The van der Waals surface area contributed by atoms with E-state index in [1.54, 1.807) is 0 Å². The number of fused-ring (bicyclic) bond motifs is 6. The predicted molar refractivity (Wildman–Crippen MR) is 235 cm³/mol. The lowest BCUT2D eigenvalue weighted by molar-refractivity contribution is -0.226. The first-order chi connectivity index (χ1) is 28.3. The van der Waals surface area contributed by atoms with Gasteiger partial charge in [0.05, 0.1) is 29.6 Å². The van der Waals surface area contributed by atoms with E-state index in [0.29, 0.717) is 50.4 Å². The smallest absolute Gasteiger partial charge is 0.160 e. The van der Waals surface area contributed by atoms with Crippen molar-refractivity contribution in [2.24, 2.45) is 56.2 Å². The number of carbonyl (C=O) groups excluding carboxylic acids is 2. The van der Waals surface area contributed by atoms with Crippen LogP contribution in [0.5, 0.6) is 0 Å². The summed E-state index contributed by atoms with van der Waals surface area (Å²) in [4.78, 5) is 36.6. The molecule has 0 amide bonds. The molecule has 0 spiro atoms. The summed E-state index contributed by atoms with van der Waals surface area (Å²) in [6, 6.07) is 6.56. The number of aryl methyl sites for hydroxylation is 2. The molecule has 5 aliphatic carbocycles. The van der Waals surface area contributed by atoms with E-state index >= 15 is 0 Å². The van der Waals surface area contributed by atoms with Gasteiger partial charge in [0.15, 0.2) is 5.78 Å². The van der Waals surface area contributed by atoms with Crippen molar-refractivity contribution in [2.75, 3.05) is 13.2 Å². The van der Waals surface area contributed by atoms with E-state index in [4.69, 9.17) is 9.73 Å². The maximum absolute atomic E-state index is 14.9. The topological polar surface area (TPSA) is 123 Å². The standard InChI is InChI=1S/C52H72N2O6/c1-29-22-30(2)24-32(23-29)26-34-36(17-21-55)54(37-16-20-53-44(34)37)28-35-43-42(31(3)25-38(56)47-48(4,5)60-47)39(57)27-51(43,8)50(7)19-14-40-49(6,46(50)45(35)59)18-15-41(58)52(40,9)33-12-10-11-13-33/h16,20,22-24,31,33,35,37-38,40,45-47,55-56,59H,10-15,17-19,21,25-28H2,1-9H3/t31-,35-,37?,38-,40-,45-,46+,47+,49+,50+,51-,52+/m1/s1. The van der Waals surface area contributed by atoms with Crippen LogP contribution in [0.25, 0.3) is 0 Å². The number of ether oxygens (including phenoxy) is 1. The Balaban J connectivity index is 1.18. The van der Waals surface area contributed by atoms with Crippen LogP contribution in [-0.4, -0.2) is 80.6 Å². The molecule has 1 saturated heterocycles. The highest BCUT2D eigenvalue weighted by Crippen LogP contribution is 2.76. The molecule has 1 aromatic carbocycles. The molecule has 8 nitrogen and oxygen atoms in total. The second kappa shape index (κ2) is 14.6. The van der Waals surface area contributed by atoms with Crippen LogP contribution in [0.2, 0.25) is 0 Å². The number of hydrogen-bond donors (Lipinski definition) is 3. The van der Waals surface area contributed by atoms with Crippen LogP contribution >= 0.6 is 0 Å². The number of benzene rings is 1. The minimum atomic E-state index is -0.764. The van der Waals surface area contributed by atoms with Crippen molar-refractivity contribution in [3.8, 4) is 0 Å². The molecule has 12 atom stereocenters. The van der Waals surface area contributed by atoms with Crippen LogP contribution in [-0.2, 0) is 20.7 Å². The molecule has 3 aliphatic heterocycles. The molecule has 5 fully saturated rings. The van der Waals surface area contributed by atoms with Crippen LogP contribution in [0.15, 0.2) is 57.9 Å². The lowest BCUT2D eigenvalue weighted by Crippen LogP contribution is -2.69. The highest BCUT2D eigenvalue weighted by molar-refractivity contribution is 6.10. The summed E-state index contributed by atoms with van der Waals surface area (Å²) < 4.78 is 5.89. The number of nitrogens with zero attached hydrogens (tertiary/aromatic N) is 2. The zero-order valence-corrected chi connectivity index (χ0v) is 37.9. The number of aliphatic imine (C=N–C) groups is 1. The van der Waals surface area contributed by atoms with Crippen molar-refractivity contribution in [2.45, 2.75) is 169 Å². The Morgan fingerprint density at radius 3 is 2.32 bits per heavy atom. The number of aliphatic hydroxyl groups excluding tert-OH is 3. The zero-order chi connectivity index (χ0) is 42.9. The minimum absolute atomic E-state index is 0.00794. The molecule has 0 radical (unpaired) electrons. The lowest BCUT2D eigenvalue weighted by atomic mass is 9.34. The first kappa shape index (κ1) is 42.4. The van der Waals surface area contributed by atoms with Crippen LogP contribution < -0.4 is 0 Å². The van der Waals surface area contributed by atoms with Gasteiger partial charge in [0.1, 0.15) is 11.9 Å². The molecule has 8 aliphatic rings. The Bertz CT molecular complexity index is 2070. The third-order valence-corrected chi connectivity index (χ3v) is 18.7. The van der Waals surface area contributed by atoms with Gasteiger partial charge in [-0.1, -0.05) is 76.8 Å². The summed E-state index contributed by atoms with van der Waals surface area (Å²) in [5.41, 5.74) is 6.77. The number of carbonyl (C=O) groups is 2. The van der Waals surface area contributed by atoms with Gasteiger partial charge < -0.3 is 25.0 Å². The van der Waals surface area contributed by atoms with Gasteiger partial charge >= 0.3 is 0 Å². The van der Waals surface area contributed by atoms with Gasteiger partial charge in [-0.2, -0.15) is 0 Å². The molecular formula is C52H72N2O6. The highest BCUT2D eigenvalue weighted by Gasteiger charge is 2.73. The van der Waals surface area contributed by atoms with Crippen LogP contribution in [0.1, 0.15) is 136 Å². The molecule has 4 saturated carbocycles. The van der Waals surface area contributed by atoms with Gasteiger partial charge in [-0.05, 0) is 129 Å². The van der Waals surface area contributed by atoms with E-state index in [0.717, 1.165) is 60.2 Å². The number of allylic oxidation sites excluding steroid dienone is 1. The maximum Gasteiger partial charge on any atom is 0.160 e. The number of Topliss-reactive ketones (excluding diaryl/α,β-unsaturated/α-hetero) is 2. The Kier molecular flexibility index (Phi) is 10.3. The lowest BCUT2D eigenvalue weighted by Gasteiger charge is -2.70. The summed E-state index contributed by atoms with van der Waals surface area (Å²) in [5.74, 6) is 0.399. The molecule has 3 N–H and O–H groups in total. The first-order valence-corrected chi connectivity index (χ1v) is 23.6. The van der Waals surface area contributed by atoms with Crippen molar-refractivity contribution < 1.29 is 29.6 Å². The zero-order valence-electron chi connectivity index (χ0n) is 37.9. The van der Waals surface area contributed by atoms with E-state index in [9.17, 15) is 24.9 Å². The number of hydrogen-bond acceptors (Lipinski definition) is 8. The van der Waals surface area contributed by atoms with E-state index < -0.39 is 23.0 Å². The quantitative estimate of drug-likeness (QED) is 0.191. The minimum Gasteiger partial charge on any atom is -0.396 e. The van der Waals surface area contributed by atoms with Crippen LogP contribution in [0, 0.1) is 65.1 Å². The average Bonchev–Trinajstić information content (AvgIpc) is 3.72. The van der Waals surface area contributed by atoms with Gasteiger partial charge in [0.2, 0.25) is 0 Å². The van der Waals surface area contributed by atoms with E-state index in [1.165, 1.54) is 29.5 Å². The molecule has 8 heteroatoms.